The number of esters is 1. The molecule has 0 spiro atoms. The molecule has 0 aliphatic heterocycles. The fraction of sp³-hybridized carbons (Fsp3) is 0. The molecule has 0 saturated carbocycles. The van der Waals surface area contributed by atoms with Crippen LogP contribution in [0.3, 0.4) is 0 Å². The van der Waals surface area contributed by atoms with Crippen LogP contribution in [0.4, 0.5) is 11.4 Å². The van der Waals surface area contributed by atoms with E-state index in [1.165, 1.54) is 0 Å². The van der Waals surface area contributed by atoms with Crippen molar-refractivity contribution in [1.82, 2.24) is 0 Å². The monoisotopic (exact) mass is 364 g/mol. The van der Waals surface area contributed by atoms with Gasteiger partial charge in [-0.15, -0.1) is 0 Å². The number of ether oxygens (including phenoxy) is 1. The van der Waals surface area contributed by atoms with Gasteiger partial charge in [-0.1, -0.05) is 42.5 Å². The van der Waals surface area contributed by atoms with E-state index in [0.717, 1.165) is 29.3 Å². The van der Waals surface area contributed by atoms with Crippen LogP contribution in [-0.4, -0.2) is 15.8 Å². The summed E-state index contributed by atoms with van der Waals surface area (Å²) in [6.45, 7) is 0. The van der Waals surface area contributed by atoms with Gasteiger partial charge in [0.2, 0.25) is 0 Å². The van der Waals surface area contributed by atoms with Crippen LogP contribution < -0.4 is 4.74 Å². The van der Waals surface area contributed by atoms with E-state index in [2.05, 4.69) is 0 Å². The quantitative estimate of drug-likeness (QED) is 0.287. The molecule has 8 heteroatoms. The standard InChI is InChI=1S/C19H12N2O6/c22-19(15-8-6-14(7-9-15)13-4-2-1-3-5-13)27-18-11-16(20(23)24)10-17(12-18)21(25)26/h1-12H. The van der Waals surface area contributed by atoms with E-state index >= 15 is 0 Å². The van der Waals surface area contributed by atoms with Gasteiger partial charge in [-0.3, -0.25) is 20.2 Å². The minimum absolute atomic E-state index is 0.212. The molecular formula is C19H12N2O6. The van der Waals surface area contributed by atoms with Gasteiger partial charge in [0.15, 0.2) is 0 Å². The van der Waals surface area contributed by atoms with Crippen LogP contribution in [-0.2, 0) is 0 Å². The molecule has 0 radical (unpaired) electrons. The summed E-state index contributed by atoms with van der Waals surface area (Å²) >= 11 is 0. The third-order valence-electron chi connectivity index (χ3n) is 3.74. The lowest BCUT2D eigenvalue weighted by Crippen LogP contribution is -2.09. The Bertz CT molecular complexity index is 984. The van der Waals surface area contributed by atoms with Gasteiger partial charge in [0.25, 0.3) is 11.4 Å². The maximum Gasteiger partial charge on any atom is 0.343 e. The molecule has 0 heterocycles. The van der Waals surface area contributed by atoms with Gasteiger partial charge in [-0.05, 0) is 23.3 Å². The van der Waals surface area contributed by atoms with Crippen molar-refractivity contribution in [3.8, 4) is 16.9 Å². The summed E-state index contributed by atoms with van der Waals surface area (Å²) in [5.74, 6) is -1.04. The summed E-state index contributed by atoms with van der Waals surface area (Å²) in [4.78, 5) is 32.5. The Balaban J connectivity index is 1.83. The minimum Gasteiger partial charge on any atom is -0.422 e. The van der Waals surface area contributed by atoms with Crippen molar-refractivity contribution in [3.63, 3.8) is 0 Å². The lowest BCUT2D eigenvalue weighted by atomic mass is 10.0. The molecule has 3 aromatic carbocycles. The molecule has 3 rings (SSSR count). The summed E-state index contributed by atoms with van der Waals surface area (Å²) < 4.78 is 5.08. The number of nitro benzene ring substituents is 2. The highest BCUT2D eigenvalue weighted by molar-refractivity contribution is 5.91. The molecule has 0 aliphatic rings. The maximum atomic E-state index is 12.3. The molecule has 0 atom stereocenters. The number of nitrogens with zero attached hydrogens (tertiary/aromatic N) is 2. The first-order chi connectivity index (χ1) is 12.9. The number of rotatable bonds is 5. The number of hydrogen-bond donors (Lipinski definition) is 0. The number of benzene rings is 3. The van der Waals surface area contributed by atoms with E-state index in [4.69, 9.17) is 4.74 Å². The van der Waals surface area contributed by atoms with Gasteiger partial charge in [0.1, 0.15) is 5.75 Å². The molecule has 0 bridgehead atoms. The summed E-state index contributed by atoms with van der Waals surface area (Å²) in [5.41, 5.74) is 1.02. The molecule has 0 N–H and O–H groups in total. The molecular weight excluding hydrogens is 352 g/mol. The molecule has 0 amide bonds. The zero-order chi connectivity index (χ0) is 19.4. The highest BCUT2D eigenvalue weighted by atomic mass is 16.6. The average molecular weight is 364 g/mol. The van der Waals surface area contributed by atoms with Gasteiger partial charge in [0, 0.05) is 0 Å². The SMILES string of the molecule is O=C(Oc1cc([N+](=O)[O-])cc([N+](=O)[O-])c1)c1ccc(-c2ccccc2)cc1. The molecule has 8 nitrogen and oxygen atoms in total. The van der Waals surface area contributed by atoms with Crippen molar-refractivity contribution in [1.29, 1.82) is 0 Å². The fourth-order valence-electron chi connectivity index (χ4n) is 2.43. The van der Waals surface area contributed by atoms with Crippen molar-refractivity contribution in [3.05, 3.63) is 98.6 Å². The molecule has 0 aliphatic carbocycles. The van der Waals surface area contributed by atoms with Crippen molar-refractivity contribution in [2.45, 2.75) is 0 Å². The van der Waals surface area contributed by atoms with E-state index in [1.807, 2.05) is 30.3 Å². The molecule has 134 valence electrons. The average Bonchev–Trinajstić information content (AvgIpc) is 2.68. The highest BCUT2D eigenvalue weighted by Gasteiger charge is 2.19. The van der Waals surface area contributed by atoms with E-state index in [9.17, 15) is 25.0 Å². The molecule has 0 fully saturated rings. The molecule has 27 heavy (non-hydrogen) atoms. The van der Waals surface area contributed by atoms with Crippen LogP contribution >= 0.6 is 0 Å². The first-order valence-electron chi connectivity index (χ1n) is 7.75. The Morgan fingerprint density at radius 3 is 1.78 bits per heavy atom. The lowest BCUT2D eigenvalue weighted by molar-refractivity contribution is -0.394. The summed E-state index contributed by atoms with van der Waals surface area (Å²) in [5, 5.41) is 21.8. The summed E-state index contributed by atoms with van der Waals surface area (Å²) in [6, 6.07) is 18.8. The van der Waals surface area contributed by atoms with Crippen LogP contribution in [0, 0.1) is 20.2 Å². The number of nitro groups is 2. The molecule has 0 saturated heterocycles. The van der Waals surface area contributed by atoms with Crippen LogP contribution in [0.15, 0.2) is 72.8 Å². The second-order valence-corrected chi connectivity index (χ2v) is 5.53. The van der Waals surface area contributed by atoms with Crippen LogP contribution in [0.25, 0.3) is 11.1 Å². The Morgan fingerprint density at radius 1 is 0.741 bits per heavy atom. The molecule has 3 aromatic rings. The molecule has 0 unspecified atom stereocenters. The van der Waals surface area contributed by atoms with Crippen molar-refractivity contribution in [2.75, 3.05) is 0 Å². The summed E-state index contributed by atoms with van der Waals surface area (Å²) in [6.07, 6.45) is 0. The predicted octanol–water partition coefficient (Wildman–Crippen LogP) is 4.39. The number of hydrogen-bond acceptors (Lipinski definition) is 6. The van der Waals surface area contributed by atoms with Gasteiger partial charge in [-0.2, -0.15) is 0 Å². The Labute approximate surface area is 152 Å². The largest absolute Gasteiger partial charge is 0.422 e. The smallest absolute Gasteiger partial charge is 0.343 e. The normalized spacial score (nSPS) is 10.2. The minimum atomic E-state index is -0.793. The zero-order valence-corrected chi connectivity index (χ0v) is 13.8. The lowest BCUT2D eigenvalue weighted by Gasteiger charge is -2.06. The zero-order valence-electron chi connectivity index (χ0n) is 13.8. The Morgan fingerprint density at radius 2 is 1.26 bits per heavy atom. The third kappa shape index (κ3) is 4.13. The van der Waals surface area contributed by atoms with Gasteiger partial charge < -0.3 is 4.74 Å². The van der Waals surface area contributed by atoms with Gasteiger partial charge in [0.05, 0.1) is 33.6 Å². The number of carbonyl (C=O) groups excluding carboxylic acids is 1. The second kappa shape index (κ2) is 7.44. The Kier molecular flexibility index (Phi) is 4.89. The van der Waals surface area contributed by atoms with E-state index in [0.29, 0.717) is 0 Å². The topological polar surface area (TPSA) is 113 Å². The van der Waals surface area contributed by atoms with Gasteiger partial charge in [-0.25, -0.2) is 4.79 Å². The van der Waals surface area contributed by atoms with Crippen LogP contribution in [0.5, 0.6) is 5.75 Å². The maximum absolute atomic E-state index is 12.3. The van der Waals surface area contributed by atoms with Crippen molar-refractivity contribution >= 4 is 17.3 Å². The van der Waals surface area contributed by atoms with E-state index < -0.39 is 27.2 Å². The van der Waals surface area contributed by atoms with Crippen LogP contribution in [0.2, 0.25) is 0 Å². The first-order valence-corrected chi connectivity index (χ1v) is 7.75. The Hall–Kier alpha value is -4.07. The fourth-order valence-corrected chi connectivity index (χ4v) is 2.43. The predicted molar refractivity (Wildman–Crippen MR) is 96.6 cm³/mol. The second-order valence-electron chi connectivity index (χ2n) is 5.53. The van der Waals surface area contributed by atoms with E-state index in [1.54, 1.807) is 24.3 Å². The number of non-ortho nitro benzene ring substituents is 2. The van der Waals surface area contributed by atoms with Crippen molar-refractivity contribution < 1.29 is 19.4 Å². The highest BCUT2D eigenvalue weighted by Crippen LogP contribution is 2.28. The van der Waals surface area contributed by atoms with E-state index in [-0.39, 0.29) is 11.3 Å². The molecule has 0 aromatic heterocycles. The first kappa shape index (κ1) is 17.7. The third-order valence-corrected chi connectivity index (χ3v) is 3.74. The van der Waals surface area contributed by atoms with Gasteiger partial charge >= 0.3 is 5.97 Å². The number of carbonyl (C=O) groups is 1. The van der Waals surface area contributed by atoms with Crippen LogP contribution in [0.1, 0.15) is 10.4 Å². The van der Waals surface area contributed by atoms with Crippen molar-refractivity contribution in [2.24, 2.45) is 0 Å². The summed E-state index contributed by atoms with van der Waals surface area (Å²) in [7, 11) is 0.